The van der Waals surface area contributed by atoms with Crippen LogP contribution in [0.2, 0.25) is 0 Å². The van der Waals surface area contributed by atoms with Crippen LogP contribution in [0.15, 0.2) is 24.5 Å². The predicted molar refractivity (Wildman–Crippen MR) is 98.1 cm³/mol. The second-order valence-electron chi connectivity index (χ2n) is 7.35. The summed E-state index contributed by atoms with van der Waals surface area (Å²) >= 11 is 0. The largest absolute Gasteiger partial charge is 0.330 e. The number of hydrogen-bond acceptors (Lipinski definition) is 3. The van der Waals surface area contributed by atoms with Gasteiger partial charge in [0.2, 0.25) is 0 Å². The Kier molecular flexibility index (Phi) is 8.04. The summed E-state index contributed by atoms with van der Waals surface area (Å²) in [5.74, 6) is 2.45. The maximum Gasteiger partial charge on any atom is 0.0271 e. The van der Waals surface area contributed by atoms with Crippen LogP contribution in [-0.4, -0.2) is 29.5 Å². The monoisotopic (exact) mass is 317 g/mol. The zero-order valence-electron chi connectivity index (χ0n) is 15.1. The Balaban J connectivity index is 1.92. The first-order valence-corrected chi connectivity index (χ1v) is 9.56. The average Bonchev–Trinajstić information content (AvgIpc) is 2.61. The SMILES string of the molecule is CCC(CC)CN(Cc1ccncc1)CC1CCC(CN)CC1. The fraction of sp³-hybridized carbons (Fsp3) is 0.750. The minimum Gasteiger partial charge on any atom is -0.330 e. The molecule has 0 spiro atoms. The molecule has 3 heteroatoms. The van der Waals surface area contributed by atoms with Crippen LogP contribution >= 0.6 is 0 Å². The Bertz CT molecular complexity index is 408. The quantitative estimate of drug-likeness (QED) is 0.746. The number of nitrogens with zero attached hydrogens (tertiary/aromatic N) is 2. The molecule has 1 aliphatic carbocycles. The maximum atomic E-state index is 5.84. The molecule has 1 heterocycles. The van der Waals surface area contributed by atoms with E-state index in [1.54, 1.807) is 0 Å². The Morgan fingerprint density at radius 1 is 1.09 bits per heavy atom. The molecule has 1 saturated carbocycles. The van der Waals surface area contributed by atoms with E-state index < -0.39 is 0 Å². The molecule has 1 aromatic heterocycles. The van der Waals surface area contributed by atoms with E-state index in [9.17, 15) is 0 Å². The highest BCUT2D eigenvalue weighted by Crippen LogP contribution is 2.29. The van der Waals surface area contributed by atoms with Gasteiger partial charge in [-0.05, 0) is 67.7 Å². The Labute approximate surface area is 142 Å². The summed E-state index contributed by atoms with van der Waals surface area (Å²) in [6.45, 7) is 9.07. The third kappa shape index (κ3) is 6.23. The Morgan fingerprint density at radius 3 is 2.26 bits per heavy atom. The van der Waals surface area contributed by atoms with Gasteiger partial charge in [0.1, 0.15) is 0 Å². The van der Waals surface area contributed by atoms with Crippen molar-refractivity contribution in [2.24, 2.45) is 23.5 Å². The smallest absolute Gasteiger partial charge is 0.0271 e. The van der Waals surface area contributed by atoms with E-state index in [2.05, 4.69) is 35.9 Å². The lowest BCUT2D eigenvalue weighted by Crippen LogP contribution is -2.35. The summed E-state index contributed by atoms with van der Waals surface area (Å²) in [6, 6.07) is 4.32. The highest BCUT2D eigenvalue weighted by molar-refractivity contribution is 5.09. The van der Waals surface area contributed by atoms with Gasteiger partial charge in [0.25, 0.3) is 0 Å². The fourth-order valence-corrected chi connectivity index (χ4v) is 3.88. The van der Waals surface area contributed by atoms with Gasteiger partial charge in [-0.15, -0.1) is 0 Å². The number of hydrogen-bond donors (Lipinski definition) is 1. The second kappa shape index (κ2) is 10.0. The fourth-order valence-electron chi connectivity index (χ4n) is 3.88. The van der Waals surface area contributed by atoms with Crippen molar-refractivity contribution in [3.63, 3.8) is 0 Å². The van der Waals surface area contributed by atoms with Crippen LogP contribution in [0, 0.1) is 17.8 Å². The molecule has 0 atom stereocenters. The van der Waals surface area contributed by atoms with Crippen LogP contribution in [0.25, 0.3) is 0 Å². The van der Waals surface area contributed by atoms with E-state index in [4.69, 9.17) is 5.73 Å². The lowest BCUT2D eigenvalue weighted by molar-refractivity contribution is 0.153. The predicted octanol–water partition coefficient (Wildman–Crippen LogP) is 4.08. The summed E-state index contributed by atoms with van der Waals surface area (Å²) in [5, 5.41) is 0. The molecular weight excluding hydrogens is 282 g/mol. The molecule has 3 nitrogen and oxygen atoms in total. The number of aromatic nitrogens is 1. The Hall–Kier alpha value is -0.930. The van der Waals surface area contributed by atoms with E-state index in [0.717, 1.165) is 30.8 Å². The van der Waals surface area contributed by atoms with Crippen molar-refractivity contribution >= 4 is 0 Å². The van der Waals surface area contributed by atoms with E-state index in [1.165, 1.54) is 57.2 Å². The Morgan fingerprint density at radius 2 is 1.70 bits per heavy atom. The summed E-state index contributed by atoms with van der Waals surface area (Å²) in [7, 11) is 0. The third-order valence-corrected chi connectivity index (χ3v) is 5.64. The molecule has 23 heavy (non-hydrogen) atoms. The number of nitrogens with two attached hydrogens (primary N) is 1. The van der Waals surface area contributed by atoms with E-state index in [1.807, 2.05) is 12.4 Å². The molecule has 1 aliphatic rings. The van der Waals surface area contributed by atoms with Gasteiger partial charge in [-0.2, -0.15) is 0 Å². The molecule has 1 fully saturated rings. The van der Waals surface area contributed by atoms with Gasteiger partial charge in [0.15, 0.2) is 0 Å². The lowest BCUT2D eigenvalue weighted by Gasteiger charge is -2.34. The van der Waals surface area contributed by atoms with Crippen LogP contribution < -0.4 is 5.73 Å². The number of rotatable bonds is 9. The molecule has 0 aromatic carbocycles. The van der Waals surface area contributed by atoms with Crippen molar-refractivity contribution in [1.82, 2.24) is 9.88 Å². The van der Waals surface area contributed by atoms with Gasteiger partial charge >= 0.3 is 0 Å². The van der Waals surface area contributed by atoms with Crippen molar-refractivity contribution in [3.8, 4) is 0 Å². The zero-order valence-corrected chi connectivity index (χ0v) is 15.1. The minimum atomic E-state index is 0.777. The lowest BCUT2D eigenvalue weighted by atomic mass is 9.81. The van der Waals surface area contributed by atoms with Crippen LogP contribution in [0.5, 0.6) is 0 Å². The molecule has 0 saturated heterocycles. The van der Waals surface area contributed by atoms with Crippen molar-refractivity contribution in [1.29, 1.82) is 0 Å². The van der Waals surface area contributed by atoms with Crippen molar-refractivity contribution < 1.29 is 0 Å². The van der Waals surface area contributed by atoms with Crippen molar-refractivity contribution in [2.45, 2.75) is 58.9 Å². The molecule has 2 N–H and O–H groups in total. The summed E-state index contributed by atoms with van der Waals surface area (Å²) < 4.78 is 0. The first-order valence-electron chi connectivity index (χ1n) is 9.56. The third-order valence-electron chi connectivity index (χ3n) is 5.64. The highest BCUT2D eigenvalue weighted by Gasteiger charge is 2.23. The van der Waals surface area contributed by atoms with E-state index in [-0.39, 0.29) is 0 Å². The topological polar surface area (TPSA) is 42.2 Å². The maximum absolute atomic E-state index is 5.84. The van der Waals surface area contributed by atoms with E-state index >= 15 is 0 Å². The van der Waals surface area contributed by atoms with Gasteiger partial charge in [-0.1, -0.05) is 26.7 Å². The van der Waals surface area contributed by atoms with Gasteiger partial charge in [-0.3, -0.25) is 9.88 Å². The average molecular weight is 318 g/mol. The normalized spacial score (nSPS) is 22.0. The second-order valence-corrected chi connectivity index (χ2v) is 7.35. The van der Waals surface area contributed by atoms with Crippen molar-refractivity contribution in [3.05, 3.63) is 30.1 Å². The van der Waals surface area contributed by atoms with Gasteiger partial charge in [0.05, 0.1) is 0 Å². The summed E-state index contributed by atoms with van der Waals surface area (Å²) in [4.78, 5) is 6.84. The molecule has 0 amide bonds. The van der Waals surface area contributed by atoms with Gasteiger partial charge < -0.3 is 5.73 Å². The molecule has 0 bridgehead atoms. The van der Waals surface area contributed by atoms with Crippen LogP contribution in [-0.2, 0) is 6.54 Å². The molecular formula is C20H35N3. The molecule has 0 radical (unpaired) electrons. The molecule has 130 valence electrons. The molecule has 0 aliphatic heterocycles. The first-order chi connectivity index (χ1) is 11.2. The van der Waals surface area contributed by atoms with Crippen LogP contribution in [0.4, 0.5) is 0 Å². The summed E-state index contributed by atoms with van der Waals surface area (Å²) in [6.07, 6.45) is 11.8. The molecule has 0 unspecified atom stereocenters. The summed E-state index contributed by atoms with van der Waals surface area (Å²) in [5.41, 5.74) is 7.23. The van der Waals surface area contributed by atoms with Gasteiger partial charge in [0, 0.05) is 32.0 Å². The first kappa shape index (κ1) is 18.4. The molecule has 1 aromatic rings. The number of pyridine rings is 1. The standard InChI is InChI=1S/C20H35N3/c1-3-17(4-2)14-23(16-20-9-11-22-12-10-20)15-19-7-5-18(13-21)6-8-19/h9-12,17-19H,3-8,13-16,21H2,1-2H3. The van der Waals surface area contributed by atoms with E-state index in [0.29, 0.717) is 0 Å². The van der Waals surface area contributed by atoms with Crippen molar-refractivity contribution in [2.75, 3.05) is 19.6 Å². The van der Waals surface area contributed by atoms with Crippen LogP contribution in [0.1, 0.15) is 57.9 Å². The van der Waals surface area contributed by atoms with Crippen LogP contribution in [0.3, 0.4) is 0 Å². The highest BCUT2D eigenvalue weighted by atomic mass is 15.1. The van der Waals surface area contributed by atoms with Gasteiger partial charge in [-0.25, -0.2) is 0 Å². The molecule has 2 rings (SSSR count). The zero-order chi connectivity index (χ0) is 16.5. The minimum absolute atomic E-state index is 0.777.